The van der Waals surface area contributed by atoms with Crippen molar-refractivity contribution in [2.24, 2.45) is 0 Å². The molecule has 0 atom stereocenters. The number of aliphatic hydroxyl groups is 3. The van der Waals surface area contributed by atoms with Crippen LogP contribution in [0, 0.1) is 0 Å². The molecule has 0 aliphatic carbocycles. The normalized spacial score (nSPS) is 8.32. The van der Waals surface area contributed by atoms with Crippen LogP contribution in [0.25, 0.3) is 0 Å². The zero-order valence-electron chi connectivity index (χ0n) is 13.2. The minimum atomic E-state index is -0.954. The standard InChI is InChI=1S/2C4H8O2.C3H8O3.C2H4O2/c2*1-2-3-4(5)6;4-1-3(6)2-5;1-2(3)4/h2*2-3H2,1H3,(H,5,6);3-6H,1-2H2;1H3,(H,3,4). The fourth-order valence-corrected chi connectivity index (χ4v) is 0.485. The molecule has 0 spiro atoms. The van der Waals surface area contributed by atoms with Gasteiger partial charge in [0.15, 0.2) is 0 Å². The molecule has 0 aromatic heterocycles. The van der Waals surface area contributed by atoms with E-state index in [0.29, 0.717) is 12.8 Å². The highest BCUT2D eigenvalue weighted by atomic mass is 16.4. The molecule has 0 aromatic rings. The van der Waals surface area contributed by atoms with E-state index in [1.54, 1.807) is 0 Å². The average molecular weight is 328 g/mol. The second-order valence-electron chi connectivity index (χ2n) is 3.83. The highest BCUT2D eigenvalue weighted by Gasteiger charge is 1.93. The van der Waals surface area contributed by atoms with E-state index in [1.165, 1.54) is 0 Å². The first-order chi connectivity index (χ1) is 10.1. The fourth-order valence-electron chi connectivity index (χ4n) is 0.485. The van der Waals surface area contributed by atoms with Gasteiger partial charge in [-0.15, -0.1) is 0 Å². The van der Waals surface area contributed by atoms with Crippen molar-refractivity contribution in [1.29, 1.82) is 0 Å². The van der Waals surface area contributed by atoms with E-state index in [4.69, 9.17) is 35.4 Å². The van der Waals surface area contributed by atoms with Crippen LogP contribution in [0.3, 0.4) is 0 Å². The van der Waals surface area contributed by atoms with Gasteiger partial charge in [-0.2, -0.15) is 0 Å². The van der Waals surface area contributed by atoms with Gasteiger partial charge < -0.3 is 30.6 Å². The van der Waals surface area contributed by atoms with Gasteiger partial charge in [0, 0.05) is 19.8 Å². The number of hydrogen-bond donors (Lipinski definition) is 6. The van der Waals surface area contributed by atoms with Gasteiger partial charge in [0.1, 0.15) is 6.10 Å². The molecule has 6 N–H and O–H groups in total. The van der Waals surface area contributed by atoms with Gasteiger partial charge in [-0.25, -0.2) is 0 Å². The maximum absolute atomic E-state index is 9.60. The highest BCUT2D eigenvalue weighted by molar-refractivity contribution is 5.66. The second kappa shape index (κ2) is 24.3. The monoisotopic (exact) mass is 328 g/mol. The minimum absolute atomic E-state index is 0.292. The van der Waals surface area contributed by atoms with Crippen LogP contribution in [0.2, 0.25) is 0 Å². The number of aliphatic carboxylic acids is 3. The number of carboxylic acid groups (broad SMARTS) is 3. The van der Waals surface area contributed by atoms with Crippen molar-refractivity contribution < 1.29 is 45.0 Å². The topological polar surface area (TPSA) is 173 Å². The van der Waals surface area contributed by atoms with E-state index in [0.717, 1.165) is 19.8 Å². The van der Waals surface area contributed by atoms with Crippen LogP contribution in [-0.4, -0.2) is 67.9 Å². The van der Waals surface area contributed by atoms with Gasteiger partial charge in [0.25, 0.3) is 5.97 Å². The molecule has 0 aromatic carbocycles. The number of carbonyl (C=O) groups is 3. The van der Waals surface area contributed by atoms with Crippen molar-refractivity contribution in [3.8, 4) is 0 Å². The Labute approximate surface area is 129 Å². The van der Waals surface area contributed by atoms with Crippen LogP contribution in [-0.2, 0) is 14.4 Å². The quantitative estimate of drug-likeness (QED) is 0.397. The second-order valence-corrected chi connectivity index (χ2v) is 3.83. The van der Waals surface area contributed by atoms with Gasteiger partial charge in [-0.05, 0) is 12.8 Å². The molecule has 0 amide bonds. The lowest BCUT2D eigenvalue weighted by Crippen LogP contribution is -2.15. The van der Waals surface area contributed by atoms with Gasteiger partial charge in [-0.1, -0.05) is 13.8 Å². The zero-order valence-corrected chi connectivity index (χ0v) is 13.2. The number of carboxylic acids is 3. The smallest absolute Gasteiger partial charge is 0.303 e. The van der Waals surface area contributed by atoms with Crippen molar-refractivity contribution >= 4 is 17.9 Å². The van der Waals surface area contributed by atoms with Crippen LogP contribution >= 0.6 is 0 Å². The third-order valence-electron chi connectivity index (χ3n) is 1.35. The van der Waals surface area contributed by atoms with E-state index in [2.05, 4.69) is 0 Å². The van der Waals surface area contributed by atoms with Crippen LogP contribution < -0.4 is 0 Å². The van der Waals surface area contributed by atoms with Crippen molar-refractivity contribution in [3.05, 3.63) is 0 Å². The van der Waals surface area contributed by atoms with E-state index in [9.17, 15) is 9.59 Å². The third kappa shape index (κ3) is 79.6. The molecule has 0 bridgehead atoms. The number of rotatable bonds is 6. The molecule has 9 nitrogen and oxygen atoms in total. The predicted molar refractivity (Wildman–Crippen MR) is 78.6 cm³/mol. The number of aliphatic hydroxyl groups excluding tert-OH is 3. The highest BCUT2D eigenvalue weighted by Crippen LogP contribution is 1.82. The first-order valence-corrected chi connectivity index (χ1v) is 6.61. The zero-order chi connectivity index (χ0) is 18.6. The molecule has 0 rings (SSSR count). The lowest BCUT2D eigenvalue weighted by Gasteiger charge is -1.96. The summed E-state index contributed by atoms with van der Waals surface area (Å²) in [6.07, 6.45) is 1.09. The molecule has 0 radical (unpaired) electrons. The maximum Gasteiger partial charge on any atom is 0.303 e. The molecule has 134 valence electrons. The summed E-state index contributed by atoms with van der Waals surface area (Å²) in [6, 6.07) is 0. The van der Waals surface area contributed by atoms with E-state index in [1.807, 2.05) is 13.8 Å². The summed E-state index contributed by atoms with van der Waals surface area (Å²) < 4.78 is 0. The molecular weight excluding hydrogens is 300 g/mol. The Morgan fingerprint density at radius 1 is 0.818 bits per heavy atom. The lowest BCUT2D eigenvalue weighted by molar-refractivity contribution is -0.138. The Morgan fingerprint density at radius 2 is 1.05 bits per heavy atom. The lowest BCUT2D eigenvalue weighted by atomic mass is 10.4. The SMILES string of the molecule is CC(=O)O.CCCC(=O)O.CCCC(=O)O.OCC(O)CO. The molecule has 0 aliphatic heterocycles. The number of hydrogen-bond acceptors (Lipinski definition) is 6. The van der Waals surface area contributed by atoms with Crippen molar-refractivity contribution in [3.63, 3.8) is 0 Å². The summed E-state index contributed by atoms with van der Waals surface area (Å²) in [5.41, 5.74) is 0. The Morgan fingerprint density at radius 3 is 1.05 bits per heavy atom. The van der Waals surface area contributed by atoms with Gasteiger partial charge in [0.05, 0.1) is 13.2 Å². The molecule has 0 unspecified atom stereocenters. The van der Waals surface area contributed by atoms with Gasteiger partial charge >= 0.3 is 11.9 Å². The molecule has 0 saturated carbocycles. The molecule has 0 heterocycles. The van der Waals surface area contributed by atoms with Crippen LogP contribution in [0.15, 0.2) is 0 Å². The predicted octanol–water partition coefficient (Wildman–Crippen LogP) is 0.165. The van der Waals surface area contributed by atoms with E-state index in [-0.39, 0.29) is 13.2 Å². The summed E-state index contributed by atoms with van der Waals surface area (Å²) in [4.78, 5) is 28.2. The van der Waals surface area contributed by atoms with Crippen molar-refractivity contribution in [1.82, 2.24) is 0 Å². The van der Waals surface area contributed by atoms with Crippen LogP contribution in [0.4, 0.5) is 0 Å². The third-order valence-corrected chi connectivity index (χ3v) is 1.35. The fraction of sp³-hybridized carbons (Fsp3) is 0.769. The van der Waals surface area contributed by atoms with Crippen molar-refractivity contribution in [2.45, 2.75) is 52.6 Å². The maximum atomic E-state index is 9.60. The van der Waals surface area contributed by atoms with Crippen LogP contribution in [0.1, 0.15) is 46.5 Å². The molecule has 22 heavy (non-hydrogen) atoms. The average Bonchev–Trinajstić information content (AvgIpc) is 2.38. The summed E-state index contributed by atoms with van der Waals surface area (Å²) in [5, 5.41) is 47.3. The minimum Gasteiger partial charge on any atom is -0.481 e. The van der Waals surface area contributed by atoms with E-state index < -0.39 is 24.0 Å². The molecular formula is C13H28O9. The summed E-state index contributed by atoms with van der Waals surface area (Å²) in [6.45, 7) is 4.04. The first kappa shape index (κ1) is 28.5. The van der Waals surface area contributed by atoms with Gasteiger partial charge in [-0.3, -0.25) is 14.4 Å². The summed E-state index contributed by atoms with van der Waals surface area (Å²) in [7, 11) is 0. The molecule has 0 saturated heterocycles. The van der Waals surface area contributed by atoms with Crippen molar-refractivity contribution in [2.75, 3.05) is 13.2 Å². The molecule has 0 aliphatic rings. The van der Waals surface area contributed by atoms with E-state index >= 15 is 0 Å². The van der Waals surface area contributed by atoms with Gasteiger partial charge in [0.2, 0.25) is 0 Å². The molecule has 9 heteroatoms. The van der Waals surface area contributed by atoms with Crippen LogP contribution in [0.5, 0.6) is 0 Å². The molecule has 0 fully saturated rings. The Hall–Kier alpha value is -1.71. The Kier molecular flexibility index (Phi) is 31.4. The largest absolute Gasteiger partial charge is 0.481 e. The first-order valence-electron chi connectivity index (χ1n) is 6.61. The summed E-state index contributed by atoms with van der Waals surface area (Å²) >= 11 is 0. The Balaban J connectivity index is -0.0000000994. The summed E-state index contributed by atoms with van der Waals surface area (Å²) in [5.74, 6) is -2.25. The Bertz CT molecular complexity index is 242.